The second-order valence-corrected chi connectivity index (χ2v) is 3.43. The molecule has 0 fully saturated rings. The molecule has 0 amide bonds. The van der Waals surface area contributed by atoms with Crippen LogP contribution in [-0.2, 0) is 0 Å². The largest absolute Gasteiger partial charge is 0.495 e. The van der Waals surface area contributed by atoms with Crippen LogP contribution in [0.5, 0.6) is 11.6 Å². The lowest BCUT2D eigenvalue weighted by molar-refractivity contribution is 0.414. The highest BCUT2D eigenvalue weighted by Crippen LogP contribution is 2.38. The van der Waals surface area contributed by atoms with Crippen LogP contribution in [0.4, 0.5) is 0 Å². The van der Waals surface area contributed by atoms with Gasteiger partial charge in [-0.25, -0.2) is 4.79 Å². The second kappa shape index (κ2) is 3.22. The fourth-order valence-electron chi connectivity index (χ4n) is 1.10. The van der Waals surface area contributed by atoms with Crippen LogP contribution in [0.15, 0.2) is 20.7 Å². The molecule has 0 unspecified atom stereocenters. The van der Waals surface area contributed by atoms with Gasteiger partial charge in [0, 0.05) is 0 Å². The molecule has 0 aromatic carbocycles. The number of hydrogen-bond acceptors (Lipinski definition) is 5. The van der Waals surface area contributed by atoms with Crippen molar-refractivity contribution in [3.8, 4) is 22.3 Å². The lowest BCUT2D eigenvalue weighted by Crippen LogP contribution is -1.92. The Bertz CT molecular complexity index is 495. The van der Waals surface area contributed by atoms with E-state index >= 15 is 0 Å². The molecule has 2 aromatic rings. The summed E-state index contributed by atoms with van der Waals surface area (Å²) in [6.45, 7) is 0. The number of aromatic hydroxyl groups is 1. The van der Waals surface area contributed by atoms with Gasteiger partial charge in [0.05, 0.1) is 7.11 Å². The maximum atomic E-state index is 10.8. The molecular formula is C8H7NO4S. The van der Waals surface area contributed by atoms with Crippen molar-refractivity contribution < 1.29 is 14.3 Å². The number of ether oxygens (including phenoxy) is 1. The van der Waals surface area contributed by atoms with E-state index in [-0.39, 0.29) is 11.6 Å². The molecule has 0 radical (unpaired) electrons. The van der Waals surface area contributed by atoms with Crippen molar-refractivity contribution in [2.75, 3.05) is 7.11 Å². The minimum absolute atomic E-state index is 0.113. The fraction of sp³-hybridized carbons (Fsp3) is 0.125. The highest BCUT2D eigenvalue weighted by molar-refractivity contribution is 7.14. The predicted molar refractivity (Wildman–Crippen MR) is 50.9 cm³/mol. The van der Waals surface area contributed by atoms with Crippen molar-refractivity contribution in [1.82, 2.24) is 4.98 Å². The monoisotopic (exact) mass is 213 g/mol. The number of nitrogens with one attached hydrogen (secondary N) is 1. The normalized spacial score (nSPS) is 10.4. The number of aromatic nitrogens is 1. The number of H-pyrrole nitrogens is 1. The molecule has 5 nitrogen and oxygen atoms in total. The molecule has 0 saturated carbocycles. The summed E-state index contributed by atoms with van der Waals surface area (Å²) in [7, 11) is 1.51. The molecule has 2 aromatic heterocycles. The number of hydrogen-bond donors (Lipinski definition) is 2. The fourth-order valence-corrected chi connectivity index (χ4v) is 1.94. The van der Waals surface area contributed by atoms with Crippen molar-refractivity contribution in [3.63, 3.8) is 0 Å². The minimum Gasteiger partial charge on any atom is -0.495 e. The van der Waals surface area contributed by atoms with Crippen LogP contribution in [0, 0.1) is 0 Å². The standard InChI is InChI=1S/C8H7NO4S/c1-12-4-2-3-14-6(4)5-7(10)9-8(11)13-5/h2-3,10H,1H3,(H,9,11). The smallest absolute Gasteiger partial charge is 0.419 e. The van der Waals surface area contributed by atoms with Gasteiger partial charge in [0.25, 0.3) is 0 Å². The Morgan fingerprint density at radius 1 is 1.64 bits per heavy atom. The summed E-state index contributed by atoms with van der Waals surface area (Å²) in [4.78, 5) is 13.5. The molecule has 0 bridgehead atoms. The first-order valence-electron chi connectivity index (χ1n) is 3.76. The summed E-state index contributed by atoms with van der Waals surface area (Å²) in [5.74, 6) is -0.293. The zero-order chi connectivity index (χ0) is 10.1. The highest BCUT2D eigenvalue weighted by atomic mass is 32.1. The first-order chi connectivity index (χ1) is 6.72. The molecule has 0 atom stereocenters. The van der Waals surface area contributed by atoms with Gasteiger partial charge in [-0.3, -0.25) is 4.98 Å². The molecule has 0 aliphatic rings. The van der Waals surface area contributed by atoms with E-state index in [0.29, 0.717) is 10.6 Å². The number of methoxy groups -OCH3 is 1. The van der Waals surface area contributed by atoms with Crippen LogP contribution in [0.1, 0.15) is 0 Å². The van der Waals surface area contributed by atoms with Gasteiger partial charge in [0.15, 0.2) is 0 Å². The predicted octanol–water partition coefficient (Wildman–Crippen LogP) is 1.41. The van der Waals surface area contributed by atoms with Crippen molar-refractivity contribution in [2.24, 2.45) is 0 Å². The van der Waals surface area contributed by atoms with Crippen molar-refractivity contribution >= 4 is 11.3 Å². The molecule has 74 valence electrons. The first kappa shape index (κ1) is 8.89. The first-order valence-corrected chi connectivity index (χ1v) is 4.64. The van der Waals surface area contributed by atoms with E-state index in [9.17, 15) is 9.90 Å². The number of oxazole rings is 1. The van der Waals surface area contributed by atoms with Crippen LogP contribution in [0.25, 0.3) is 10.6 Å². The summed E-state index contributed by atoms with van der Waals surface area (Å²) < 4.78 is 9.80. The SMILES string of the molecule is COc1ccsc1-c1oc(=O)[nH]c1O. The molecule has 0 aliphatic carbocycles. The van der Waals surface area contributed by atoms with Gasteiger partial charge in [0.2, 0.25) is 11.6 Å². The van der Waals surface area contributed by atoms with Crippen LogP contribution in [0.3, 0.4) is 0 Å². The van der Waals surface area contributed by atoms with E-state index in [1.165, 1.54) is 18.4 Å². The third kappa shape index (κ3) is 1.29. The number of rotatable bonds is 2. The van der Waals surface area contributed by atoms with E-state index in [1.807, 2.05) is 0 Å². The molecule has 2 rings (SSSR count). The van der Waals surface area contributed by atoms with E-state index in [1.54, 1.807) is 11.4 Å². The summed E-state index contributed by atoms with van der Waals surface area (Å²) in [5.41, 5.74) is 0. The van der Waals surface area contributed by atoms with Crippen LogP contribution >= 0.6 is 11.3 Å². The van der Waals surface area contributed by atoms with Gasteiger partial charge >= 0.3 is 5.76 Å². The van der Waals surface area contributed by atoms with E-state index in [2.05, 4.69) is 4.98 Å². The Morgan fingerprint density at radius 2 is 2.43 bits per heavy atom. The maximum absolute atomic E-state index is 10.8. The third-order valence-corrected chi connectivity index (χ3v) is 2.58. The average molecular weight is 213 g/mol. The Labute approximate surface area is 82.6 Å². The lowest BCUT2D eigenvalue weighted by atomic mass is 10.3. The second-order valence-electron chi connectivity index (χ2n) is 2.51. The molecule has 0 saturated heterocycles. The third-order valence-electron chi connectivity index (χ3n) is 1.69. The maximum Gasteiger partial charge on any atom is 0.419 e. The summed E-state index contributed by atoms with van der Waals surface area (Å²) in [6.07, 6.45) is 0. The molecule has 6 heteroatoms. The molecule has 14 heavy (non-hydrogen) atoms. The van der Waals surface area contributed by atoms with Gasteiger partial charge in [-0.05, 0) is 11.4 Å². The van der Waals surface area contributed by atoms with Crippen molar-refractivity contribution in [1.29, 1.82) is 0 Å². The molecule has 0 aliphatic heterocycles. The summed E-state index contributed by atoms with van der Waals surface area (Å²) >= 11 is 1.32. The summed E-state index contributed by atoms with van der Waals surface area (Å²) in [6, 6.07) is 1.73. The van der Waals surface area contributed by atoms with Crippen LogP contribution < -0.4 is 10.5 Å². The summed E-state index contributed by atoms with van der Waals surface area (Å²) in [5, 5.41) is 11.1. The topological polar surface area (TPSA) is 75.5 Å². The Morgan fingerprint density at radius 3 is 3.00 bits per heavy atom. The number of thiophene rings is 1. The van der Waals surface area contributed by atoms with E-state index < -0.39 is 5.76 Å². The van der Waals surface area contributed by atoms with E-state index in [0.717, 1.165) is 0 Å². The Kier molecular flexibility index (Phi) is 2.05. The van der Waals surface area contributed by atoms with Crippen LogP contribution in [0.2, 0.25) is 0 Å². The van der Waals surface area contributed by atoms with Gasteiger partial charge in [-0.1, -0.05) is 0 Å². The zero-order valence-corrected chi connectivity index (χ0v) is 8.05. The van der Waals surface area contributed by atoms with Gasteiger partial charge in [-0.2, -0.15) is 0 Å². The molecule has 2 heterocycles. The quantitative estimate of drug-likeness (QED) is 0.790. The van der Waals surface area contributed by atoms with Gasteiger partial charge in [0.1, 0.15) is 10.6 Å². The number of aromatic amines is 1. The minimum atomic E-state index is -0.687. The van der Waals surface area contributed by atoms with Crippen LogP contribution in [-0.4, -0.2) is 17.2 Å². The van der Waals surface area contributed by atoms with Gasteiger partial charge < -0.3 is 14.3 Å². The Balaban J connectivity index is 2.59. The Hall–Kier alpha value is -1.69. The zero-order valence-electron chi connectivity index (χ0n) is 7.23. The van der Waals surface area contributed by atoms with Gasteiger partial charge in [-0.15, -0.1) is 11.3 Å². The molecule has 2 N–H and O–H groups in total. The van der Waals surface area contributed by atoms with Crippen molar-refractivity contribution in [2.45, 2.75) is 0 Å². The van der Waals surface area contributed by atoms with E-state index in [4.69, 9.17) is 9.15 Å². The van der Waals surface area contributed by atoms with Crippen molar-refractivity contribution in [3.05, 3.63) is 22.0 Å². The lowest BCUT2D eigenvalue weighted by Gasteiger charge is -1.97. The molecular weight excluding hydrogens is 206 g/mol. The average Bonchev–Trinajstić information content (AvgIpc) is 2.71. The highest BCUT2D eigenvalue weighted by Gasteiger charge is 2.16. The molecule has 0 spiro atoms.